The predicted molar refractivity (Wildman–Crippen MR) is 96.4 cm³/mol. The summed E-state index contributed by atoms with van der Waals surface area (Å²) in [5.74, 6) is -0.159. The molecule has 0 fully saturated rings. The van der Waals surface area contributed by atoms with Crippen LogP contribution in [0, 0.1) is 0 Å². The van der Waals surface area contributed by atoms with Gasteiger partial charge in [-0.25, -0.2) is 4.68 Å². The maximum Gasteiger partial charge on any atom is 0.249 e. The Morgan fingerprint density at radius 2 is 1.84 bits per heavy atom. The minimum Gasteiger partial charge on any atom is -0.378 e. The summed E-state index contributed by atoms with van der Waals surface area (Å²) < 4.78 is 1.48. The van der Waals surface area contributed by atoms with E-state index >= 15 is 0 Å². The van der Waals surface area contributed by atoms with Crippen LogP contribution in [0.3, 0.4) is 0 Å². The number of amides is 1. The second-order valence-corrected chi connectivity index (χ2v) is 5.93. The van der Waals surface area contributed by atoms with Crippen LogP contribution in [-0.2, 0) is 11.2 Å². The zero-order chi connectivity index (χ0) is 17.6. The molecular formula is C18H20N6O. The van der Waals surface area contributed by atoms with Crippen molar-refractivity contribution in [3.63, 3.8) is 0 Å². The lowest BCUT2D eigenvalue weighted by molar-refractivity contribution is -0.119. The Bertz CT molecular complexity index is 799. The SMILES string of the molecule is CN(C)c1ccc(NC(=O)[C@H](Cc2ccccc2)n2cnnn2)cc1. The molecule has 0 aliphatic rings. The van der Waals surface area contributed by atoms with E-state index in [0.29, 0.717) is 6.42 Å². The Balaban J connectivity index is 1.77. The van der Waals surface area contributed by atoms with Crippen molar-refractivity contribution in [1.29, 1.82) is 0 Å². The number of anilines is 2. The van der Waals surface area contributed by atoms with Crippen molar-refractivity contribution in [2.45, 2.75) is 12.5 Å². The quantitative estimate of drug-likeness (QED) is 0.746. The molecule has 2 aromatic carbocycles. The molecule has 0 aliphatic carbocycles. The molecule has 1 N–H and O–H groups in total. The van der Waals surface area contributed by atoms with Gasteiger partial charge in [-0.1, -0.05) is 30.3 Å². The first-order chi connectivity index (χ1) is 12.1. The second kappa shape index (κ2) is 7.57. The number of hydrogen-bond donors (Lipinski definition) is 1. The highest BCUT2D eigenvalue weighted by atomic mass is 16.2. The van der Waals surface area contributed by atoms with Gasteiger partial charge in [0, 0.05) is 31.9 Å². The van der Waals surface area contributed by atoms with E-state index < -0.39 is 6.04 Å². The van der Waals surface area contributed by atoms with Gasteiger partial charge >= 0.3 is 0 Å². The molecule has 1 amide bonds. The standard InChI is InChI=1S/C18H20N6O/c1-23(2)16-10-8-15(9-11-16)20-18(25)17(24-13-19-21-22-24)12-14-6-4-3-5-7-14/h3-11,13,17H,12H2,1-2H3,(H,20,25)/t17-/m0/s1. The van der Waals surface area contributed by atoms with Gasteiger partial charge in [0.1, 0.15) is 12.4 Å². The largest absolute Gasteiger partial charge is 0.378 e. The van der Waals surface area contributed by atoms with Gasteiger partial charge < -0.3 is 10.2 Å². The summed E-state index contributed by atoms with van der Waals surface area (Å²) in [6.45, 7) is 0. The third kappa shape index (κ3) is 4.20. The zero-order valence-corrected chi connectivity index (χ0v) is 14.2. The van der Waals surface area contributed by atoms with Crippen LogP contribution >= 0.6 is 0 Å². The summed E-state index contributed by atoms with van der Waals surface area (Å²) in [6.07, 6.45) is 1.97. The van der Waals surface area contributed by atoms with Crippen molar-refractivity contribution in [3.8, 4) is 0 Å². The molecule has 0 saturated heterocycles. The summed E-state index contributed by atoms with van der Waals surface area (Å²) in [5, 5.41) is 14.1. The Morgan fingerprint density at radius 3 is 2.44 bits per heavy atom. The second-order valence-electron chi connectivity index (χ2n) is 5.93. The fourth-order valence-corrected chi connectivity index (χ4v) is 2.52. The summed E-state index contributed by atoms with van der Waals surface area (Å²) in [4.78, 5) is 14.8. The Labute approximate surface area is 146 Å². The first-order valence-electron chi connectivity index (χ1n) is 7.98. The Kier molecular flexibility index (Phi) is 5.03. The van der Waals surface area contributed by atoms with Gasteiger partial charge in [0.05, 0.1) is 0 Å². The highest BCUT2D eigenvalue weighted by molar-refractivity contribution is 5.94. The van der Waals surface area contributed by atoms with Gasteiger partial charge in [0.15, 0.2) is 0 Å². The van der Waals surface area contributed by atoms with Crippen molar-refractivity contribution in [3.05, 3.63) is 66.5 Å². The van der Waals surface area contributed by atoms with Crippen LogP contribution < -0.4 is 10.2 Å². The third-order valence-electron chi connectivity index (χ3n) is 3.91. The van der Waals surface area contributed by atoms with Crippen molar-refractivity contribution in [2.24, 2.45) is 0 Å². The van der Waals surface area contributed by atoms with E-state index in [-0.39, 0.29) is 5.91 Å². The van der Waals surface area contributed by atoms with Crippen molar-refractivity contribution >= 4 is 17.3 Å². The highest BCUT2D eigenvalue weighted by Crippen LogP contribution is 2.19. The number of hydrogen-bond acceptors (Lipinski definition) is 5. The average Bonchev–Trinajstić information content (AvgIpc) is 3.15. The lowest BCUT2D eigenvalue weighted by Crippen LogP contribution is -2.28. The Morgan fingerprint density at radius 1 is 1.12 bits per heavy atom. The lowest BCUT2D eigenvalue weighted by Gasteiger charge is -2.17. The molecular weight excluding hydrogens is 316 g/mol. The van der Waals surface area contributed by atoms with E-state index in [2.05, 4.69) is 20.8 Å². The lowest BCUT2D eigenvalue weighted by atomic mass is 10.1. The minimum atomic E-state index is -0.522. The fourth-order valence-electron chi connectivity index (χ4n) is 2.52. The number of carbonyl (C=O) groups is 1. The molecule has 1 heterocycles. The first-order valence-corrected chi connectivity index (χ1v) is 7.98. The van der Waals surface area contributed by atoms with Crippen molar-refractivity contribution < 1.29 is 4.79 Å². The number of benzene rings is 2. The Hall–Kier alpha value is -3.22. The van der Waals surface area contributed by atoms with E-state index in [1.807, 2.05) is 73.6 Å². The van der Waals surface area contributed by atoms with Gasteiger partial charge in [-0.05, 0) is 40.3 Å². The molecule has 7 nitrogen and oxygen atoms in total. The van der Waals surface area contributed by atoms with E-state index in [0.717, 1.165) is 16.9 Å². The summed E-state index contributed by atoms with van der Waals surface area (Å²) in [6, 6.07) is 17.0. The molecule has 128 valence electrons. The number of rotatable bonds is 6. The third-order valence-corrected chi connectivity index (χ3v) is 3.91. The number of carbonyl (C=O) groups excluding carboxylic acids is 1. The summed E-state index contributed by atoms with van der Waals surface area (Å²) in [7, 11) is 3.95. The van der Waals surface area contributed by atoms with Gasteiger partial charge in [-0.15, -0.1) is 5.10 Å². The van der Waals surface area contributed by atoms with Crippen molar-refractivity contribution in [2.75, 3.05) is 24.3 Å². The molecule has 0 bridgehead atoms. The van der Waals surface area contributed by atoms with Crippen LogP contribution in [-0.4, -0.2) is 40.2 Å². The normalized spacial score (nSPS) is 11.8. The first kappa shape index (κ1) is 16.6. The number of tetrazole rings is 1. The molecule has 0 saturated carbocycles. The maximum atomic E-state index is 12.8. The number of aromatic nitrogens is 4. The minimum absolute atomic E-state index is 0.159. The van der Waals surface area contributed by atoms with Crippen LogP contribution in [0.15, 0.2) is 60.9 Å². The fraction of sp³-hybridized carbons (Fsp3) is 0.222. The molecule has 7 heteroatoms. The average molecular weight is 336 g/mol. The molecule has 0 unspecified atom stereocenters. The highest BCUT2D eigenvalue weighted by Gasteiger charge is 2.22. The molecule has 1 atom stereocenters. The maximum absolute atomic E-state index is 12.8. The van der Waals surface area contributed by atoms with E-state index in [1.165, 1.54) is 11.0 Å². The molecule has 3 rings (SSSR count). The van der Waals surface area contributed by atoms with Gasteiger partial charge in [-0.2, -0.15) is 0 Å². The molecule has 0 spiro atoms. The molecule has 3 aromatic rings. The molecule has 25 heavy (non-hydrogen) atoms. The van der Waals surface area contributed by atoms with E-state index in [9.17, 15) is 4.79 Å². The smallest absolute Gasteiger partial charge is 0.249 e. The zero-order valence-electron chi connectivity index (χ0n) is 14.2. The van der Waals surface area contributed by atoms with Crippen molar-refractivity contribution in [1.82, 2.24) is 20.2 Å². The van der Waals surface area contributed by atoms with Crippen LogP contribution in [0.5, 0.6) is 0 Å². The van der Waals surface area contributed by atoms with E-state index in [4.69, 9.17) is 0 Å². The molecule has 0 aliphatic heterocycles. The number of nitrogens with zero attached hydrogens (tertiary/aromatic N) is 5. The molecule has 0 radical (unpaired) electrons. The summed E-state index contributed by atoms with van der Waals surface area (Å²) in [5.41, 5.74) is 2.85. The van der Waals surface area contributed by atoms with Crippen LogP contribution in [0.1, 0.15) is 11.6 Å². The van der Waals surface area contributed by atoms with Crippen LogP contribution in [0.25, 0.3) is 0 Å². The van der Waals surface area contributed by atoms with Gasteiger partial charge in [0.25, 0.3) is 0 Å². The van der Waals surface area contributed by atoms with Gasteiger partial charge in [-0.3, -0.25) is 4.79 Å². The van der Waals surface area contributed by atoms with Crippen LogP contribution in [0.4, 0.5) is 11.4 Å². The van der Waals surface area contributed by atoms with Crippen LogP contribution in [0.2, 0.25) is 0 Å². The van der Waals surface area contributed by atoms with E-state index in [1.54, 1.807) is 0 Å². The number of nitrogens with one attached hydrogen (secondary N) is 1. The molecule has 1 aromatic heterocycles. The monoisotopic (exact) mass is 336 g/mol. The summed E-state index contributed by atoms with van der Waals surface area (Å²) >= 11 is 0. The van der Waals surface area contributed by atoms with Gasteiger partial charge in [0.2, 0.25) is 5.91 Å². The predicted octanol–water partition coefficient (Wildman–Crippen LogP) is 2.16. The topological polar surface area (TPSA) is 75.9 Å².